The van der Waals surface area contributed by atoms with Crippen LogP contribution in [0.15, 0.2) is 41.4 Å². The molecule has 3 N–H and O–H groups in total. The van der Waals surface area contributed by atoms with Crippen molar-refractivity contribution >= 4 is 52.5 Å². The monoisotopic (exact) mass is 355 g/mol. The number of amides is 2. The summed E-state index contributed by atoms with van der Waals surface area (Å²) in [4.78, 5) is 27.7. The Kier molecular flexibility index (Phi) is 5.65. The van der Waals surface area contributed by atoms with Crippen LogP contribution in [0.5, 0.6) is 0 Å². The van der Waals surface area contributed by atoms with E-state index in [4.69, 9.17) is 28.9 Å². The molecule has 2 rings (SSSR count). The Hall–Kier alpha value is -1.76. The second-order valence-electron chi connectivity index (χ2n) is 4.20. The summed E-state index contributed by atoms with van der Waals surface area (Å²) in [6, 6.07) is 8.53. The van der Waals surface area contributed by atoms with Crippen molar-refractivity contribution in [2.45, 2.75) is 4.90 Å². The van der Waals surface area contributed by atoms with Crippen molar-refractivity contribution < 1.29 is 9.59 Å². The molecule has 0 fully saturated rings. The minimum atomic E-state index is -0.431. The summed E-state index contributed by atoms with van der Waals surface area (Å²) in [7, 11) is 0. The molecule has 114 valence electrons. The normalized spacial score (nSPS) is 10.3. The topological polar surface area (TPSA) is 85.1 Å². The molecule has 8 heteroatoms. The van der Waals surface area contributed by atoms with E-state index in [1.54, 1.807) is 24.3 Å². The summed E-state index contributed by atoms with van der Waals surface area (Å²) in [5.74, 6) is -0.681. The first kappa shape index (κ1) is 16.6. The number of anilines is 1. The molecular weight excluding hydrogens is 345 g/mol. The van der Waals surface area contributed by atoms with Crippen LogP contribution in [-0.2, 0) is 4.79 Å². The van der Waals surface area contributed by atoms with Crippen molar-refractivity contribution in [3.63, 3.8) is 0 Å². The van der Waals surface area contributed by atoms with Crippen molar-refractivity contribution in [1.29, 1.82) is 0 Å². The molecule has 5 nitrogen and oxygen atoms in total. The maximum absolute atomic E-state index is 12.2. The van der Waals surface area contributed by atoms with Crippen LogP contribution < -0.4 is 11.1 Å². The first-order chi connectivity index (χ1) is 10.5. The van der Waals surface area contributed by atoms with Gasteiger partial charge in [-0.1, -0.05) is 35.3 Å². The number of hydrogen-bond donors (Lipinski definition) is 2. The number of primary amides is 1. The van der Waals surface area contributed by atoms with Gasteiger partial charge in [-0.25, -0.2) is 4.98 Å². The second-order valence-corrected chi connectivity index (χ2v) is 5.98. The quantitative estimate of drug-likeness (QED) is 0.636. The Morgan fingerprint density at radius 2 is 2.00 bits per heavy atom. The number of nitrogens with two attached hydrogens (primary N) is 1. The zero-order valence-corrected chi connectivity index (χ0v) is 13.5. The number of halogens is 2. The highest BCUT2D eigenvalue weighted by atomic mass is 35.5. The van der Waals surface area contributed by atoms with Gasteiger partial charge in [0.1, 0.15) is 5.15 Å². The number of para-hydroxylation sites is 1. The van der Waals surface area contributed by atoms with Crippen LogP contribution >= 0.6 is 35.0 Å². The second kappa shape index (κ2) is 7.49. The average molecular weight is 356 g/mol. The van der Waals surface area contributed by atoms with Gasteiger partial charge in [0.25, 0.3) is 5.91 Å². The van der Waals surface area contributed by atoms with Gasteiger partial charge in [-0.05, 0) is 18.2 Å². The van der Waals surface area contributed by atoms with Crippen molar-refractivity contribution in [3.8, 4) is 0 Å². The lowest BCUT2D eigenvalue weighted by Gasteiger charge is -2.10. The third-order valence-electron chi connectivity index (χ3n) is 2.56. The summed E-state index contributed by atoms with van der Waals surface area (Å²) in [5.41, 5.74) is 5.99. The fourth-order valence-corrected chi connectivity index (χ4v) is 2.60. The molecule has 0 saturated carbocycles. The van der Waals surface area contributed by atoms with Crippen molar-refractivity contribution in [3.05, 3.63) is 52.3 Å². The molecule has 22 heavy (non-hydrogen) atoms. The predicted octanol–water partition coefficient (Wildman–Crippen LogP) is 3.22. The largest absolute Gasteiger partial charge is 0.369 e. The fourth-order valence-electron chi connectivity index (χ4n) is 1.58. The Balaban J connectivity index is 2.17. The maximum Gasteiger partial charge on any atom is 0.257 e. The molecule has 0 unspecified atom stereocenters. The number of rotatable bonds is 5. The number of hydrogen-bond acceptors (Lipinski definition) is 4. The van der Waals surface area contributed by atoms with E-state index in [1.807, 2.05) is 0 Å². The maximum atomic E-state index is 12.2. The first-order valence-electron chi connectivity index (χ1n) is 6.10. The highest BCUT2D eigenvalue weighted by Gasteiger charge is 2.12. The van der Waals surface area contributed by atoms with Gasteiger partial charge in [0.05, 0.1) is 22.0 Å². The molecule has 0 aliphatic rings. The molecule has 2 aromatic rings. The van der Waals surface area contributed by atoms with Gasteiger partial charge < -0.3 is 11.1 Å². The van der Waals surface area contributed by atoms with Crippen LogP contribution in [-0.4, -0.2) is 22.6 Å². The summed E-state index contributed by atoms with van der Waals surface area (Å²) in [6.07, 6.45) is 1.34. The molecule has 1 aromatic carbocycles. The highest BCUT2D eigenvalue weighted by Crippen LogP contribution is 2.27. The third kappa shape index (κ3) is 4.37. The van der Waals surface area contributed by atoms with Gasteiger partial charge >= 0.3 is 0 Å². The van der Waals surface area contributed by atoms with E-state index >= 15 is 0 Å². The van der Waals surface area contributed by atoms with Crippen molar-refractivity contribution in [1.82, 2.24) is 4.98 Å². The van der Waals surface area contributed by atoms with Crippen LogP contribution in [0, 0.1) is 0 Å². The number of nitrogens with one attached hydrogen (secondary N) is 1. The summed E-state index contributed by atoms with van der Waals surface area (Å²) < 4.78 is 0. The molecule has 0 saturated heterocycles. The van der Waals surface area contributed by atoms with E-state index in [1.165, 1.54) is 24.0 Å². The molecule has 0 aliphatic heterocycles. The zero-order chi connectivity index (χ0) is 16.1. The molecule has 0 aliphatic carbocycles. The number of thioether (sulfide) groups is 1. The molecule has 1 aromatic heterocycles. The molecule has 2 amide bonds. The summed E-state index contributed by atoms with van der Waals surface area (Å²) in [5, 5.41) is 3.08. The van der Waals surface area contributed by atoms with E-state index in [0.717, 1.165) is 4.90 Å². The molecule has 1 heterocycles. The molecule has 0 spiro atoms. The molecule has 0 atom stereocenters. The number of pyridine rings is 1. The number of nitrogens with zero attached hydrogens (tertiary/aromatic N) is 1. The predicted molar refractivity (Wildman–Crippen MR) is 88.6 cm³/mol. The number of carbonyl (C=O) groups excluding carboxylic acids is 2. The lowest BCUT2D eigenvalue weighted by Crippen LogP contribution is -2.15. The van der Waals surface area contributed by atoms with Gasteiger partial charge in [-0.15, -0.1) is 11.8 Å². The van der Waals surface area contributed by atoms with Crippen LogP contribution in [0.1, 0.15) is 10.4 Å². The Bertz CT molecular complexity index is 725. The molecular formula is C14H11Cl2N3O2S. The minimum absolute atomic E-state index is 0.126. The smallest absolute Gasteiger partial charge is 0.257 e. The van der Waals surface area contributed by atoms with Gasteiger partial charge in [0, 0.05) is 11.1 Å². The van der Waals surface area contributed by atoms with E-state index < -0.39 is 5.91 Å². The van der Waals surface area contributed by atoms with Crippen LogP contribution in [0.3, 0.4) is 0 Å². The van der Waals surface area contributed by atoms with Gasteiger partial charge in [-0.2, -0.15) is 0 Å². The Labute approximate surface area is 141 Å². The Morgan fingerprint density at radius 1 is 1.27 bits per heavy atom. The molecule has 0 radical (unpaired) electrons. The summed E-state index contributed by atoms with van der Waals surface area (Å²) in [6.45, 7) is 0. The van der Waals surface area contributed by atoms with Gasteiger partial charge in [-0.3, -0.25) is 9.59 Å². The highest BCUT2D eigenvalue weighted by molar-refractivity contribution is 8.00. The lowest BCUT2D eigenvalue weighted by atomic mass is 10.2. The zero-order valence-electron chi connectivity index (χ0n) is 11.2. The minimum Gasteiger partial charge on any atom is -0.369 e. The standard InChI is InChI=1S/C14H11Cl2N3O2S/c15-9-5-8(6-18-13(9)16)14(21)19-10-3-1-2-4-11(10)22-7-12(17)20/h1-6H,7H2,(H2,17,20)(H,19,21). The van der Waals surface area contributed by atoms with Gasteiger partial charge in [0.15, 0.2) is 0 Å². The van der Waals surface area contributed by atoms with Crippen LogP contribution in [0.4, 0.5) is 5.69 Å². The van der Waals surface area contributed by atoms with E-state index in [-0.39, 0.29) is 27.4 Å². The van der Waals surface area contributed by atoms with Crippen LogP contribution in [0.25, 0.3) is 0 Å². The summed E-state index contributed by atoms with van der Waals surface area (Å²) >= 11 is 12.8. The Morgan fingerprint density at radius 3 is 2.68 bits per heavy atom. The molecule has 0 bridgehead atoms. The fraction of sp³-hybridized carbons (Fsp3) is 0.0714. The van der Waals surface area contributed by atoms with Crippen LogP contribution in [0.2, 0.25) is 10.2 Å². The van der Waals surface area contributed by atoms with E-state index in [0.29, 0.717) is 5.69 Å². The van der Waals surface area contributed by atoms with E-state index in [9.17, 15) is 9.59 Å². The third-order valence-corrected chi connectivity index (χ3v) is 4.35. The number of benzene rings is 1. The van der Waals surface area contributed by atoms with E-state index in [2.05, 4.69) is 10.3 Å². The van der Waals surface area contributed by atoms with Gasteiger partial charge in [0.2, 0.25) is 5.91 Å². The number of aromatic nitrogens is 1. The first-order valence-corrected chi connectivity index (χ1v) is 7.84. The average Bonchev–Trinajstić information content (AvgIpc) is 2.49. The SMILES string of the molecule is NC(=O)CSc1ccccc1NC(=O)c1cnc(Cl)c(Cl)c1. The van der Waals surface area contributed by atoms with Crippen molar-refractivity contribution in [2.24, 2.45) is 5.73 Å². The lowest BCUT2D eigenvalue weighted by molar-refractivity contribution is -0.115. The van der Waals surface area contributed by atoms with Crippen molar-refractivity contribution in [2.75, 3.05) is 11.1 Å². The number of carbonyl (C=O) groups is 2.